The van der Waals surface area contributed by atoms with E-state index < -0.39 is 0 Å². The maximum atomic E-state index is 9.41. The lowest BCUT2D eigenvalue weighted by Crippen LogP contribution is -2.29. The second-order valence-electron chi connectivity index (χ2n) is 5.06. The van der Waals surface area contributed by atoms with Gasteiger partial charge in [-0.05, 0) is 24.3 Å². The van der Waals surface area contributed by atoms with Crippen molar-refractivity contribution in [1.82, 2.24) is 0 Å². The van der Waals surface area contributed by atoms with Crippen molar-refractivity contribution in [3.8, 4) is 0 Å². The van der Waals surface area contributed by atoms with E-state index in [1.165, 1.54) is 18.4 Å². The van der Waals surface area contributed by atoms with Gasteiger partial charge in [-0.1, -0.05) is 37.3 Å². The maximum Gasteiger partial charge on any atom is 0.0717 e. The predicted octanol–water partition coefficient (Wildman–Crippen LogP) is 2.61. The molecule has 1 aliphatic carbocycles. The number of ether oxygens (including phenoxy) is 1. The van der Waals surface area contributed by atoms with Crippen LogP contribution in [0.15, 0.2) is 30.3 Å². The van der Waals surface area contributed by atoms with Crippen molar-refractivity contribution in [2.45, 2.75) is 26.4 Å². The highest BCUT2D eigenvalue weighted by Gasteiger charge is 2.41. The molecule has 2 rings (SSSR count). The van der Waals surface area contributed by atoms with E-state index in [0.29, 0.717) is 19.1 Å². The van der Waals surface area contributed by atoms with Gasteiger partial charge in [0.15, 0.2) is 0 Å². The summed E-state index contributed by atoms with van der Waals surface area (Å²) in [5.74, 6) is 0.660. The van der Waals surface area contributed by atoms with Crippen molar-refractivity contribution in [2.24, 2.45) is 11.3 Å². The Balaban J connectivity index is 1.79. The van der Waals surface area contributed by atoms with Crippen LogP contribution in [-0.4, -0.2) is 18.3 Å². The van der Waals surface area contributed by atoms with Crippen LogP contribution in [0, 0.1) is 11.3 Å². The van der Waals surface area contributed by atoms with Gasteiger partial charge < -0.3 is 9.84 Å². The number of aliphatic hydroxyl groups is 1. The fourth-order valence-electron chi connectivity index (χ4n) is 2.05. The van der Waals surface area contributed by atoms with Gasteiger partial charge >= 0.3 is 0 Å². The topological polar surface area (TPSA) is 29.5 Å². The highest BCUT2D eigenvalue weighted by molar-refractivity contribution is 5.13. The molecule has 1 fully saturated rings. The van der Waals surface area contributed by atoms with Crippen LogP contribution in [0.3, 0.4) is 0 Å². The van der Waals surface area contributed by atoms with Crippen molar-refractivity contribution in [2.75, 3.05) is 13.2 Å². The summed E-state index contributed by atoms with van der Waals surface area (Å²) in [6, 6.07) is 10.2. The minimum atomic E-state index is -0.0330. The number of benzene rings is 1. The first-order chi connectivity index (χ1) is 7.74. The Morgan fingerprint density at radius 3 is 2.56 bits per heavy atom. The number of rotatable bonds is 6. The third-order valence-electron chi connectivity index (χ3n) is 3.47. The Morgan fingerprint density at radius 1 is 1.31 bits per heavy atom. The number of hydrogen-bond donors (Lipinski definition) is 1. The largest absolute Gasteiger partial charge is 0.396 e. The molecule has 0 radical (unpaired) electrons. The molecule has 0 bridgehead atoms. The van der Waals surface area contributed by atoms with E-state index >= 15 is 0 Å². The van der Waals surface area contributed by atoms with Gasteiger partial charge in [-0.15, -0.1) is 0 Å². The minimum Gasteiger partial charge on any atom is -0.396 e. The molecule has 0 heterocycles. The normalized spacial score (nSPS) is 19.4. The Bertz CT molecular complexity index is 319. The zero-order valence-corrected chi connectivity index (χ0v) is 9.86. The Kier molecular flexibility index (Phi) is 3.62. The van der Waals surface area contributed by atoms with Crippen LogP contribution < -0.4 is 0 Å². The summed E-state index contributed by atoms with van der Waals surface area (Å²) in [6.45, 7) is 3.65. The van der Waals surface area contributed by atoms with Gasteiger partial charge in [-0.25, -0.2) is 0 Å². The average Bonchev–Trinajstić information content (AvgIpc) is 3.14. The molecule has 0 amide bonds. The van der Waals surface area contributed by atoms with E-state index in [9.17, 15) is 5.11 Å². The molecule has 1 aliphatic rings. The third kappa shape index (κ3) is 2.83. The van der Waals surface area contributed by atoms with Crippen molar-refractivity contribution >= 4 is 0 Å². The Hall–Kier alpha value is -0.860. The molecule has 0 aliphatic heterocycles. The van der Waals surface area contributed by atoms with Crippen molar-refractivity contribution in [3.63, 3.8) is 0 Å². The van der Waals surface area contributed by atoms with E-state index in [4.69, 9.17) is 4.74 Å². The summed E-state index contributed by atoms with van der Waals surface area (Å²) in [7, 11) is 0. The van der Waals surface area contributed by atoms with Crippen LogP contribution in [-0.2, 0) is 11.3 Å². The molecule has 16 heavy (non-hydrogen) atoms. The van der Waals surface area contributed by atoms with Crippen molar-refractivity contribution in [1.29, 1.82) is 0 Å². The molecule has 1 aromatic carbocycles. The molecule has 0 saturated heterocycles. The average molecular weight is 220 g/mol. The minimum absolute atomic E-state index is 0.0330. The lowest BCUT2D eigenvalue weighted by Gasteiger charge is -2.26. The van der Waals surface area contributed by atoms with Crippen molar-refractivity contribution < 1.29 is 9.84 Å². The quantitative estimate of drug-likeness (QED) is 0.798. The molecule has 0 aromatic heterocycles. The number of aliphatic hydroxyl groups excluding tert-OH is 1. The first-order valence-corrected chi connectivity index (χ1v) is 5.97. The SMILES string of the molecule is CC(CO)(COCc1ccccc1)C1CC1. The summed E-state index contributed by atoms with van der Waals surface area (Å²) in [6.07, 6.45) is 2.48. The smallest absolute Gasteiger partial charge is 0.0717 e. The van der Waals surface area contributed by atoms with Crippen LogP contribution in [0.25, 0.3) is 0 Å². The molecule has 2 heteroatoms. The van der Waals surface area contributed by atoms with E-state index in [1.807, 2.05) is 18.2 Å². The van der Waals surface area contributed by atoms with Crippen LogP contribution >= 0.6 is 0 Å². The fourth-order valence-corrected chi connectivity index (χ4v) is 2.05. The highest BCUT2D eigenvalue weighted by atomic mass is 16.5. The molecule has 1 unspecified atom stereocenters. The summed E-state index contributed by atoms with van der Waals surface area (Å²) < 4.78 is 5.72. The molecule has 88 valence electrons. The summed E-state index contributed by atoms with van der Waals surface area (Å²) in [4.78, 5) is 0. The summed E-state index contributed by atoms with van der Waals surface area (Å²) in [5.41, 5.74) is 1.16. The van der Waals surface area contributed by atoms with Gasteiger partial charge in [0.2, 0.25) is 0 Å². The predicted molar refractivity (Wildman–Crippen MR) is 64.0 cm³/mol. The highest BCUT2D eigenvalue weighted by Crippen LogP contribution is 2.45. The van der Waals surface area contributed by atoms with E-state index in [0.717, 1.165) is 0 Å². The van der Waals surface area contributed by atoms with Crippen LogP contribution in [0.2, 0.25) is 0 Å². The van der Waals surface area contributed by atoms with Gasteiger partial charge in [0.1, 0.15) is 0 Å². The van der Waals surface area contributed by atoms with E-state index in [1.54, 1.807) is 0 Å². The van der Waals surface area contributed by atoms with Crippen LogP contribution in [0.4, 0.5) is 0 Å². The molecule has 1 N–H and O–H groups in total. The lowest BCUT2D eigenvalue weighted by molar-refractivity contribution is -0.00347. The van der Waals surface area contributed by atoms with Crippen LogP contribution in [0.5, 0.6) is 0 Å². The second-order valence-corrected chi connectivity index (χ2v) is 5.06. The van der Waals surface area contributed by atoms with Gasteiger partial charge in [0, 0.05) is 5.41 Å². The lowest BCUT2D eigenvalue weighted by atomic mass is 9.87. The van der Waals surface area contributed by atoms with Crippen LogP contribution in [0.1, 0.15) is 25.3 Å². The Morgan fingerprint density at radius 2 is 2.00 bits per heavy atom. The monoisotopic (exact) mass is 220 g/mol. The van der Waals surface area contributed by atoms with E-state index in [2.05, 4.69) is 19.1 Å². The first kappa shape index (κ1) is 11.6. The maximum absolute atomic E-state index is 9.41. The molecule has 1 saturated carbocycles. The Labute approximate surface area is 97.3 Å². The van der Waals surface area contributed by atoms with Gasteiger partial charge in [-0.3, -0.25) is 0 Å². The zero-order chi connectivity index (χ0) is 11.4. The number of hydrogen-bond acceptors (Lipinski definition) is 2. The molecular formula is C14H20O2. The van der Waals surface area contributed by atoms with E-state index in [-0.39, 0.29) is 12.0 Å². The fraction of sp³-hybridized carbons (Fsp3) is 0.571. The van der Waals surface area contributed by atoms with Gasteiger partial charge in [0.25, 0.3) is 0 Å². The third-order valence-corrected chi connectivity index (χ3v) is 3.47. The molecule has 1 atom stereocenters. The molecule has 0 spiro atoms. The second kappa shape index (κ2) is 4.98. The summed E-state index contributed by atoms with van der Waals surface area (Å²) in [5, 5.41) is 9.41. The standard InChI is InChI=1S/C14H20O2/c1-14(10-15,13-7-8-13)11-16-9-12-5-3-2-4-6-12/h2-6,13,15H,7-11H2,1H3. The first-order valence-electron chi connectivity index (χ1n) is 5.97. The summed E-state index contributed by atoms with van der Waals surface area (Å²) >= 11 is 0. The molecule has 1 aromatic rings. The van der Waals surface area contributed by atoms with Gasteiger partial charge in [-0.2, -0.15) is 0 Å². The van der Waals surface area contributed by atoms with Gasteiger partial charge in [0.05, 0.1) is 19.8 Å². The zero-order valence-electron chi connectivity index (χ0n) is 9.86. The molecular weight excluding hydrogens is 200 g/mol. The molecule has 2 nitrogen and oxygen atoms in total. The van der Waals surface area contributed by atoms with Crippen molar-refractivity contribution in [3.05, 3.63) is 35.9 Å².